The summed E-state index contributed by atoms with van der Waals surface area (Å²) in [6.45, 7) is 7.37. The Balaban J connectivity index is 1.99. The molecule has 3 N–H and O–H groups in total. The fourth-order valence-electron chi connectivity index (χ4n) is 3.65. The van der Waals surface area contributed by atoms with Crippen molar-refractivity contribution in [2.45, 2.75) is 27.7 Å². The molecule has 0 atom stereocenters. The van der Waals surface area contributed by atoms with Crippen molar-refractivity contribution >= 4 is 73.2 Å². The molecule has 3 rings (SSSR count). The second kappa shape index (κ2) is 13.5. The standard InChI is InChI=1S/C28H27BrN4O4S2/c1-6-37-28(36)22-17(4)23(25(35)32-21-12-7-15(2)13-16(21)3)39-27(22)33-26(38-5)20(14-30)24(34)31-19-10-8-18(29)9-11-19/h7-13,33H,6H2,1-5H3,(H,31,34)(H,32,35)/b26-20+. The van der Waals surface area contributed by atoms with E-state index >= 15 is 0 Å². The molecule has 0 fully saturated rings. The molecule has 0 aliphatic rings. The average molecular weight is 628 g/mol. The molecule has 11 heteroatoms. The van der Waals surface area contributed by atoms with E-state index in [0.717, 1.165) is 38.7 Å². The van der Waals surface area contributed by atoms with Crippen LogP contribution in [0.15, 0.2) is 57.5 Å². The predicted octanol–water partition coefficient (Wildman–Crippen LogP) is 7.01. The van der Waals surface area contributed by atoms with Crippen LogP contribution in [-0.4, -0.2) is 30.6 Å². The Morgan fingerprint density at radius 3 is 2.33 bits per heavy atom. The number of halogens is 1. The van der Waals surface area contributed by atoms with Crippen molar-refractivity contribution in [1.29, 1.82) is 5.26 Å². The van der Waals surface area contributed by atoms with E-state index in [4.69, 9.17) is 4.74 Å². The van der Waals surface area contributed by atoms with Gasteiger partial charge in [0.05, 0.1) is 22.1 Å². The van der Waals surface area contributed by atoms with Crippen LogP contribution in [0.2, 0.25) is 0 Å². The number of ether oxygens (including phenoxy) is 1. The summed E-state index contributed by atoms with van der Waals surface area (Å²) in [4.78, 5) is 39.5. The molecule has 2 amide bonds. The van der Waals surface area contributed by atoms with Crippen molar-refractivity contribution in [3.8, 4) is 6.07 Å². The van der Waals surface area contributed by atoms with Gasteiger partial charge in [0.1, 0.15) is 16.6 Å². The number of aryl methyl sites for hydroxylation is 2. The number of hydrogen-bond acceptors (Lipinski definition) is 8. The van der Waals surface area contributed by atoms with Gasteiger partial charge < -0.3 is 20.7 Å². The Labute approximate surface area is 244 Å². The second-order valence-corrected chi connectivity index (χ2v) is 11.1. The van der Waals surface area contributed by atoms with Gasteiger partial charge in [-0.1, -0.05) is 33.6 Å². The van der Waals surface area contributed by atoms with Crippen molar-refractivity contribution in [2.75, 3.05) is 28.8 Å². The van der Waals surface area contributed by atoms with Crippen LogP contribution < -0.4 is 16.0 Å². The Kier molecular flexibility index (Phi) is 10.3. The SMILES string of the molecule is CCOC(=O)c1c(N/C(SC)=C(/C#N)C(=O)Nc2ccc(Br)cc2)sc(C(=O)Nc2ccc(C)cc2C)c1C. The molecule has 1 aromatic heterocycles. The van der Waals surface area contributed by atoms with Crippen LogP contribution in [0.3, 0.4) is 0 Å². The van der Waals surface area contributed by atoms with Gasteiger partial charge in [-0.05, 0) is 75.4 Å². The molecular weight excluding hydrogens is 600 g/mol. The summed E-state index contributed by atoms with van der Waals surface area (Å²) in [7, 11) is 0. The number of amides is 2. The highest BCUT2D eigenvalue weighted by Gasteiger charge is 2.27. The summed E-state index contributed by atoms with van der Waals surface area (Å²) >= 11 is 5.53. The Bertz CT molecular complexity index is 1490. The largest absolute Gasteiger partial charge is 0.462 e. The first-order chi connectivity index (χ1) is 18.6. The summed E-state index contributed by atoms with van der Waals surface area (Å²) in [5.74, 6) is -1.61. The number of thioether (sulfide) groups is 1. The molecule has 2 aromatic carbocycles. The number of benzene rings is 2. The van der Waals surface area contributed by atoms with Gasteiger partial charge in [-0.15, -0.1) is 23.1 Å². The molecule has 1 heterocycles. The van der Waals surface area contributed by atoms with Gasteiger partial charge in [0.15, 0.2) is 0 Å². The first-order valence-electron chi connectivity index (χ1n) is 11.8. The summed E-state index contributed by atoms with van der Waals surface area (Å²) in [5.41, 5.74) is 3.58. The third-order valence-electron chi connectivity index (χ3n) is 5.56. The quantitative estimate of drug-likeness (QED) is 0.133. The van der Waals surface area contributed by atoms with E-state index in [-0.39, 0.29) is 28.7 Å². The maximum Gasteiger partial charge on any atom is 0.341 e. The number of nitrogens with one attached hydrogen (secondary N) is 3. The molecule has 8 nitrogen and oxygen atoms in total. The van der Waals surface area contributed by atoms with Crippen LogP contribution in [0.1, 0.15) is 43.6 Å². The molecular formula is C28H27BrN4O4S2. The molecule has 0 saturated carbocycles. The van der Waals surface area contributed by atoms with Crippen molar-refractivity contribution in [3.05, 3.63) is 84.7 Å². The predicted molar refractivity (Wildman–Crippen MR) is 161 cm³/mol. The minimum atomic E-state index is -0.615. The number of rotatable bonds is 9. The number of esters is 1. The Morgan fingerprint density at radius 2 is 1.74 bits per heavy atom. The highest BCUT2D eigenvalue weighted by atomic mass is 79.9. The van der Waals surface area contributed by atoms with E-state index < -0.39 is 11.9 Å². The third kappa shape index (κ3) is 7.29. The van der Waals surface area contributed by atoms with Crippen molar-refractivity contribution in [2.24, 2.45) is 0 Å². The number of carbonyl (C=O) groups excluding carboxylic acids is 3. The van der Waals surface area contributed by atoms with E-state index in [1.807, 2.05) is 38.1 Å². The van der Waals surface area contributed by atoms with E-state index in [2.05, 4.69) is 31.9 Å². The molecule has 202 valence electrons. The molecule has 0 aliphatic heterocycles. The average Bonchev–Trinajstić information content (AvgIpc) is 3.22. The van der Waals surface area contributed by atoms with Gasteiger partial charge in [-0.2, -0.15) is 5.26 Å². The van der Waals surface area contributed by atoms with Crippen LogP contribution >= 0.6 is 39.0 Å². The highest BCUT2D eigenvalue weighted by molar-refractivity contribution is 9.10. The van der Waals surface area contributed by atoms with Crippen LogP contribution in [0.5, 0.6) is 0 Å². The first kappa shape index (κ1) is 30.0. The zero-order chi connectivity index (χ0) is 28.7. The maximum atomic E-state index is 13.3. The molecule has 0 unspecified atom stereocenters. The normalized spacial score (nSPS) is 11.2. The monoisotopic (exact) mass is 626 g/mol. The van der Waals surface area contributed by atoms with Crippen LogP contribution in [0, 0.1) is 32.1 Å². The smallest absolute Gasteiger partial charge is 0.341 e. The fourth-order valence-corrected chi connectivity index (χ4v) is 5.62. The van der Waals surface area contributed by atoms with Gasteiger partial charge >= 0.3 is 5.97 Å². The number of nitriles is 1. The third-order valence-corrected chi connectivity index (χ3v) is 8.01. The zero-order valence-electron chi connectivity index (χ0n) is 22.0. The molecule has 0 radical (unpaired) electrons. The number of thiophene rings is 1. The lowest BCUT2D eigenvalue weighted by Gasteiger charge is -2.12. The fraction of sp³-hybridized carbons (Fsp3) is 0.214. The minimum absolute atomic E-state index is 0.141. The van der Waals surface area contributed by atoms with Crippen LogP contribution in [0.25, 0.3) is 0 Å². The van der Waals surface area contributed by atoms with Crippen LogP contribution in [-0.2, 0) is 9.53 Å². The molecule has 39 heavy (non-hydrogen) atoms. The Hall–Kier alpha value is -3.59. The highest BCUT2D eigenvalue weighted by Crippen LogP contribution is 2.37. The van der Waals surface area contributed by atoms with E-state index in [1.165, 1.54) is 0 Å². The van der Waals surface area contributed by atoms with E-state index in [1.54, 1.807) is 44.4 Å². The summed E-state index contributed by atoms with van der Waals surface area (Å²) in [5, 5.41) is 19.0. The second-order valence-electron chi connectivity index (χ2n) is 8.36. The molecule has 0 spiro atoms. The van der Waals surface area contributed by atoms with Gasteiger partial charge in [0, 0.05) is 15.8 Å². The van der Waals surface area contributed by atoms with E-state index in [0.29, 0.717) is 26.8 Å². The van der Waals surface area contributed by atoms with Gasteiger partial charge in [0.2, 0.25) is 0 Å². The van der Waals surface area contributed by atoms with Gasteiger partial charge in [-0.25, -0.2) is 4.79 Å². The maximum absolute atomic E-state index is 13.3. The van der Waals surface area contributed by atoms with Crippen molar-refractivity contribution < 1.29 is 19.1 Å². The summed E-state index contributed by atoms with van der Waals surface area (Å²) in [6, 6.07) is 14.6. The molecule has 3 aromatic rings. The van der Waals surface area contributed by atoms with Crippen LogP contribution in [0.4, 0.5) is 16.4 Å². The molecule has 0 saturated heterocycles. The Morgan fingerprint density at radius 1 is 1.05 bits per heavy atom. The topological polar surface area (TPSA) is 120 Å². The van der Waals surface area contributed by atoms with Crippen molar-refractivity contribution in [3.63, 3.8) is 0 Å². The lowest BCUT2D eigenvalue weighted by atomic mass is 10.1. The number of hydrogen-bond donors (Lipinski definition) is 3. The number of nitrogens with zero attached hydrogens (tertiary/aromatic N) is 1. The first-order valence-corrected chi connectivity index (χ1v) is 14.6. The van der Waals surface area contributed by atoms with Gasteiger partial charge in [0.25, 0.3) is 11.8 Å². The van der Waals surface area contributed by atoms with Gasteiger partial charge in [-0.3, -0.25) is 9.59 Å². The summed E-state index contributed by atoms with van der Waals surface area (Å²) < 4.78 is 6.10. The lowest BCUT2D eigenvalue weighted by molar-refractivity contribution is -0.112. The minimum Gasteiger partial charge on any atom is -0.462 e. The molecule has 0 aliphatic carbocycles. The lowest BCUT2D eigenvalue weighted by Crippen LogP contribution is -2.17. The zero-order valence-corrected chi connectivity index (χ0v) is 25.2. The number of anilines is 3. The van der Waals surface area contributed by atoms with E-state index in [9.17, 15) is 19.6 Å². The van der Waals surface area contributed by atoms with Crippen molar-refractivity contribution in [1.82, 2.24) is 0 Å². The molecule has 0 bridgehead atoms. The summed E-state index contributed by atoms with van der Waals surface area (Å²) in [6.07, 6.45) is 1.70. The number of carbonyl (C=O) groups is 3.